The Bertz CT molecular complexity index is 287. The molecule has 1 aromatic heterocycles. The second-order valence-corrected chi connectivity index (χ2v) is 4.93. The minimum absolute atomic E-state index is 0.224. The van der Waals surface area contributed by atoms with Crippen molar-refractivity contribution in [2.24, 2.45) is 5.84 Å². The zero-order valence-electron chi connectivity index (χ0n) is 10.2. The van der Waals surface area contributed by atoms with Crippen LogP contribution in [0.5, 0.6) is 0 Å². The number of hydrogen-bond acceptors (Lipinski definition) is 5. The van der Waals surface area contributed by atoms with Crippen LogP contribution in [0, 0.1) is 6.92 Å². The highest BCUT2D eigenvalue weighted by Crippen LogP contribution is 2.24. The predicted octanol–water partition coefficient (Wildman–Crippen LogP) is 2.71. The van der Waals surface area contributed by atoms with E-state index in [1.54, 1.807) is 0 Å². The minimum Gasteiger partial charge on any atom is -0.271 e. The second-order valence-electron chi connectivity index (χ2n) is 4.14. The zero-order chi connectivity index (χ0) is 11.8. The lowest BCUT2D eigenvalue weighted by Crippen LogP contribution is -2.27. The summed E-state index contributed by atoms with van der Waals surface area (Å²) in [4.78, 5) is 1.18. The number of hydrazine groups is 1. The molecule has 1 heterocycles. The molecule has 1 rings (SSSR count). The van der Waals surface area contributed by atoms with Gasteiger partial charge in [-0.1, -0.05) is 43.5 Å². The first-order valence-corrected chi connectivity index (χ1v) is 6.82. The van der Waals surface area contributed by atoms with Crippen molar-refractivity contribution in [1.29, 1.82) is 0 Å². The molecular formula is C11H22N4S. The van der Waals surface area contributed by atoms with Crippen LogP contribution in [0.2, 0.25) is 0 Å². The maximum atomic E-state index is 5.57. The van der Waals surface area contributed by atoms with Gasteiger partial charge < -0.3 is 0 Å². The fourth-order valence-corrected chi connectivity index (χ4v) is 2.54. The smallest absolute Gasteiger partial charge is 0.0773 e. The lowest BCUT2D eigenvalue weighted by molar-refractivity contribution is 0.482. The first kappa shape index (κ1) is 13.5. The van der Waals surface area contributed by atoms with Crippen LogP contribution in [0.15, 0.2) is 0 Å². The van der Waals surface area contributed by atoms with E-state index in [4.69, 9.17) is 5.84 Å². The van der Waals surface area contributed by atoms with Gasteiger partial charge in [0.05, 0.1) is 16.6 Å². The van der Waals surface area contributed by atoms with Crippen LogP contribution in [-0.2, 0) is 0 Å². The number of aryl methyl sites for hydroxylation is 1. The third-order valence-electron chi connectivity index (χ3n) is 2.80. The topological polar surface area (TPSA) is 63.8 Å². The highest BCUT2D eigenvalue weighted by molar-refractivity contribution is 7.05. The van der Waals surface area contributed by atoms with E-state index in [2.05, 4.69) is 21.9 Å². The van der Waals surface area contributed by atoms with Crippen molar-refractivity contribution in [2.75, 3.05) is 0 Å². The first-order valence-electron chi connectivity index (χ1n) is 6.04. The van der Waals surface area contributed by atoms with Gasteiger partial charge in [-0.05, 0) is 24.9 Å². The summed E-state index contributed by atoms with van der Waals surface area (Å²) in [6.07, 6.45) is 7.53. The van der Waals surface area contributed by atoms with Gasteiger partial charge in [-0.15, -0.1) is 5.10 Å². The molecule has 0 aromatic carbocycles. The van der Waals surface area contributed by atoms with Crippen molar-refractivity contribution in [3.05, 3.63) is 10.6 Å². The van der Waals surface area contributed by atoms with E-state index in [9.17, 15) is 0 Å². The molecule has 0 amide bonds. The van der Waals surface area contributed by atoms with Crippen molar-refractivity contribution in [3.63, 3.8) is 0 Å². The van der Waals surface area contributed by atoms with Gasteiger partial charge in [0.25, 0.3) is 0 Å². The first-order chi connectivity index (χ1) is 7.79. The van der Waals surface area contributed by atoms with Gasteiger partial charge in [0.1, 0.15) is 0 Å². The Morgan fingerprint density at radius 2 is 2.06 bits per heavy atom. The molecule has 5 heteroatoms. The number of nitrogens with two attached hydrogens (primary N) is 1. The highest BCUT2D eigenvalue weighted by atomic mass is 32.1. The van der Waals surface area contributed by atoms with Crippen LogP contribution in [0.3, 0.4) is 0 Å². The SMILES string of the molecule is CCCCCCCC(NN)c1snnc1C. The normalized spacial score (nSPS) is 12.9. The summed E-state index contributed by atoms with van der Waals surface area (Å²) < 4.78 is 3.94. The fourth-order valence-electron chi connectivity index (χ4n) is 1.80. The summed E-state index contributed by atoms with van der Waals surface area (Å²) in [6, 6.07) is 0.224. The Balaban J connectivity index is 2.30. The molecule has 4 nitrogen and oxygen atoms in total. The average Bonchev–Trinajstić information content (AvgIpc) is 2.70. The van der Waals surface area contributed by atoms with Gasteiger partial charge in [0.15, 0.2) is 0 Å². The van der Waals surface area contributed by atoms with Crippen molar-refractivity contribution < 1.29 is 0 Å². The Morgan fingerprint density at radius 1 is 1.31 bits per heavy atom. The summed E-state index contributed by atoms with van der Waals surface area (Å²) >= 11 is 1.45. The predicted molar refractivity (Wildman–Crippen MR) is 68.1 cm³/mol. The van der Waals surface area contributed by atoms with Gasteiger partial charge in [0.2, 0.25) is 0 Å². The maximum absolute atomic E-state index is 5.57. The molecule has 1 aromatic rings. The van der Waals surface area contributed by atoms with Crippen LogP contribution in [-0.4, -0.2) is 9.59 Å². The van der Waals surface area contributed by atoms with Crippen molar-refractivity contribution in [3.8, 4) is 0 Å². The lowest BCUT2D eigenvalue weighted by atomic mass is 10.1. The number of hydrogen-bond donors (Lipinski definition) is 2. The van der Waals surface area contributed by atoms with Crippen LogP contribution < -0.4 is 11.3 Å². The fraction of sp³-hybridized carbons (Fsp3) is 0.818. The number of aromatic nitrogens is 2. The summed E-state index contributed by atoms with van der Waals surface area (Å²) in [7, 11) is 0. The summed E-state index contributed by atoms with van der Waals surface area (Å²) in [5.74, 6) is 5.57. The summed E-state index contributed by atoms with van der Waals surface area (Å²) in [5.41, 5.74) is 3.87. The monoisotopic (exact) mass is 242 g/mol. The van der Waals surface area contributed by atoms with E-state index in [1.807, 2.05) is 6.92 Å². The molecule has 1 unspecified atom stereocenters. The van der Waals surface area contributed by atoms with Crippen LogP contribution >= 0.6 is 11.5 Å². The summed E-state index contributed by atoms with van der Waals surface area (Å²) in [5, 5.41) is 4.02. The quantitative estimate of drug-likeness (QED) is 0.418. The molecule has 3 N–H and O–H groups in total. The van der Waals surface area contributed by atoms with Crippen LogP contribution in [0.4, 0.5) is 0 Å². The molecule has 92 valence electrons. The van der Waals surface area contributed by atoms with Gasteiger partial charge in [-0.25, -0.2) is 0 Å². The Kier molecular flexibility index (Phi) is 6.52. The molecule has 16 heavy (non-hydrogen) atoms. The van der Waals surface area contributed by atoms with Crippen molar-refractivity contribution in [2.45, 2.75) is 58.4 Å². The van der Waals surface area contributed by atoms with E-state index < -0.39 is 0 Å². The molecule has 0 spiro atoms. The lowest BCUT2D eigenvalue weighted by Gasteiger charge is -2.13. The number of unbranched alkanes of at least 4 members (excludes halogenated alkanes) is 4. The third kappa shape index (κ3) is 4.15. The molecule has 1 atom stereocenters. The van der Waals surface area contributed by atoms with E-state index in [1.165, 1.54) is 48.5 Å². The average molecular weight is 242 g/mol. The molecule has 0 aliphatic rings. The molecule has 0 bridgehead atoms. The molecule has 0 radical (unpaired) electrons. The standard InChI is InChI=1S/C11H22N4S/c1-3-4-5-6-7-8-10(13-12)11-9(2)14-15-16-11/h10,13H,3-8,12H2,1-2H3. The van der Waals surface area contributed by atoms with Crippen LogP contribution in [0.25, 0.3) is 0 Å². The number of nitrogens with zero attached hydrogens (tertiary/aromatic N) is 2. The molecule has 0 fully saturated rings. The largest absolute Gasteiger partial charge is 0.271 e. The molecule has 0 aliphatic heterocycles. The molecule has 0 saturated heterocycles. The third-order valence-corrected chi connectivity index (χ3v) is 3.74. The molecule has 0 saturated carbocycles. The van der Waals surface area contributed by atoms with Crippen molar-refractivity contribution in [1.82, 2.24) is 15.0 Å². The van der Waals surface area contributed by atoms with Crippen LogP contribution in [0.1, 0.15) is 62.1 Å². The van der Waals surface area contributed by atoms with Gasteiger partial charge in [-0.2, -0.15) is 0 Å². The molecular weight excluding hydrogens is 220 g/mol. The van der Waals surface area contributed by atoms with Crippen molar-refractivity contribution >= 4 is 11.5 Å². The second kappa shape index (κ2) is 7.70. The maximum Gasteiger partial charge on any atom is 0.0773 e. The van der Waals surface area contributed by atoms with Gasteiger partial charge in [-0.3, -0.25) is 11.3 Å². The van der Waals surface area contributed by atoms with Gasteiger partial charge >= 0.3 is 0 Å². The Labute approximate surface area is 102 Å². The number of rotatable bonds is 8. The Morgan fingerprint density at radius 3 is 2.62 bits per heavy atom. The highest BCUT2D eigenvalue weighted by Gasteiger charge is 2.14. The van der Waals surface area contributed by atoms with E-state index in [-0.39, 0.29) is 6.04 Å². The molecule has 0 aliphatic carbocycles. The van der Waals surface area contributed by atoms with Gasteiger partial charge in [0, 0.05) is 0 Å². The van der Waals surface area contributed by atoms with E-state index >= 15 is 0 Å². The van der Waals surface area contributed by atoms with E-state index in [0.717, 1.165) is 12.1 Å². The number of nitrogens with one attached hydrogen (secondary N) is 1. The minimum atomic E-state index is 0.224. The van der Waals surface area contributed by atoms with E-state index in [0.29, 0.717) is 0 Å². The summed E-state index contributed by atoms with van der Waals surface area (Å²) in [6.45, 7) is 4.22. The zero-order valence-corrected chi connectivity index (χ0v) is 11.0. The Hall–Kier alpha value is -0.520.